The molecule has 0 saturated carbocycles. The Balaban J connectivity index is 1.88. The highest BCUT2D eigenvalue weighted by Crippen LogP contribution is 2.22. The minimum Gasteiger partial charge on any atom is -0.497 e. The minimum absolute atomic E-state index is 0.0732. The molecule has 1 aromatic heterocycles. The Labute approximate surface area is 119 Å². The molecular formula is C15H12FN3O2. The summed E-state index contributed by atoms with van der Waals surface area (Å²) in [5.41, 5.74) is 1.99. The van der Waals surface area contributed by atoms with E-state index in [-0.39, 0.29) is 5.69 Å². The Kier molecular flexibility index (Phi) is 3.27. The third-order valence-electron chi connectivity index (χ3n) is 3.10. The van der Waals surface area contributed by atoms with Crippen molar-refractivity contribution in [2.75, 3.05) is 12.4 Å². The molecule has 0 radical (unpaired) electrons. The van der Waals surface area contributed by atoms with Crippen molar-refractivity contribution in [1.82, 2.24) is 9.97 Å². The number of nitrogens with zero attached hydrogens (tertiary/aromatic N) is 1. The van der Waals surface area contributed by atoms with Crippen LogP contribution in [0.1, 0.15) is 10.4 Å². The SMILES string of the molecule is COc1ccc(F)c(NC(=O)c2ccc3nc[nH]c3c2)c1. The molecule has 21 heavy (non-hydrogen) atoms. The van der Waals surface area contributed by atoms with E-state index >= 15 is 0 Å². The van der Waals surface area contributed by atoms with E-state index in [0.717, 1.165) is 11.0 Å². The third kappa shape index (κ3) is 2.55. The summed E-state index contributed by atoms with van der Waals surface area (Å²) in [4.78, 5) is 19.2. The van der Waals surface area contributed by atoms with Crippen LogP contribution in [0, 0.1) is 5.82 Å². The third-order valence-corrected chi connectivity index (χ3v) is 3.10. The van der Waals surface area contributed by atoms with Crippen LogP contribution in [0.3, 0.4) is 0 Å². The molecule has 0 aliphatic rings. The average molecular weight is 285 g/mol. The monoisotopic (exact) mass is 285 g/mol. The van der Waals surface area contributed by atoms with Crippen LogP contribution in [0.5, 0.6) is 5.75 Å². The van der Waals surface area contributed by atoms with Crippen LogP contribution in [-0.4, -0.2) is 23.0 Å². The summed E-state index contributed by atoms with van der Waals surface area (Å²) in [6.45, 7) is 0. The van der Waals surface area contributed by atoms with Gasteiger partial charge in [-0.3, -0.25) is 4.79 Å². The molecule has 5 nitrogen and oxygen atoms in total. The minimum atomic E-state index is -0.522. The molecule has 0 fully saturated rings. The van der Waals surface area contributed by atoms with Crippen LogP contribution in [0.25, 0.3) is 11.0 Å². The maximum atomic E-state index is 13.7. The van der Waals surface area contributed by atoms with Gasteiger partial charge in [-0.05, 0) is 30.3 Å². The number of H-pyrrole nitrogens is 1. The molecule has 0 unspecified atom stereocenters. The first-order chi connectivity index (χ1) is 10.2. The summed E-state index contributed by atoms with van der Waals surface area (Å²) in [7, 11) is 1.48. The number of halogens is 1. The van der Waals surface area contributed by atoms with Crippen molar-refractivity contribution in [2.45, 2.75) is 0 Å². The molecule has 3 aromatic rings. The average Bonchev–Trinajstić information content (AvgIpc) is 2.96. The van der Waals surface area contributed by atoms with E-state index in [9.17, 15) is 9.18 Å². The fourth-order valence-corrected chi connectivity index (χ4v) is 2.00. The second-order valence-electron chi connectivity index (χ2n) is 4.43. The van der Waals surface area contributed by atoms with Crippen molar-refractivity contribution in [3.63, 3.8) is 0 Å². The lowest BCUT2D eigenvalue weighted by Crippen LogP contribution is -2.13. The maximum Gasteiger partial charge on any atom is 0.255 e. The lowest BCUT2D eigenvalue weighted by atomic mass is 10.2. The highest BCUT2D eigenvalue weighted by molar-refractivity contribution is 6.06. The zero-order valence-electron chi connectivity index (χ0n) is 11.2. The van der Waals surface area contributed by atoms with Gasteiger partial charge in [-0.15, -0.1) is 0 Å². The molecule has 0 aliphatic carbocycles. The van der Waals surface area contributed by atoms with E-state index in [1.165, 1.54) is 25.3 Å². The Hall–Kier alpha value is -2.89. The molecule has 1 heterocycles. The van der Waals surface area contributed by atoms with Crippen molar-refractivity contribution < 1.29 is 13.9 Å². The summed E-state index contributed by atoms with van der Waals surface area (Å²) in [6, 6.07) is 9.19. The number of amides is 1. The number of aromatic nitrogens is 2. The van der Waals surface area contributed by atoms with Gasteiger partial charge in [0, 0.05) is 11.6 Å². The first kappa shape index (κ1) is 13.1. The maximum absolute atomic E-state index is 13.7. The van der Waals surface area contributed by atoms with Crippen LogP contribution in [-0.2, 0) is 0 Å². The lowest BCUT2D eigenvalue weighted by molar-refractivity contribution is 0.102. The van der Waals surface area contributed by atoms with E-state index in [2.05, 4.69) is 15.3 Å². The van der Waals surface area contributed by atoms with Crippen molar-refractivity contribution in [3.8, 4) is 5.75 Å². The fraction of sp³-hybridized carbons (Fsp3) is 0.0667. The molecule has 0 aliphatic heterocycles. The topological polar surface area (TPSA) is 67.0 Å². The van der Waals surface area contributed by atoms with Gasteiger partial charge in [0.1, 0.15) is 11.6 Å². The smallest absolute Gasteiger partial charge is 0.255 e. The molecule has 2 aromatic carbocycles. The number of methoxy groups -OCH3 is 1. The molecule has 0 saturated heterocycles. The fourth-order valence-electron chi connectivity index (χ4n) is 2.00. The molecule has 6 heteroatoms. The standard InChI is InChI=1S/C15H12FN3O2/c1-21-10-3-4-11(16)13(7-10)19-15(20)9-2-5-12-14(6-9)18-8-17-12/h2-8H,1H3,(H,17,18)(H,19,20). The summed E-state index contributed by atoms with van der Waals surface area (Å²) in [5.74, 6) is -0.457. The summed E-state index contributed by atoms with van der Waals surface area (Å²) in [5, 5.41) is 2.53. The van der Waals surface area contributed by atoms with Gasteiger partial charge in [0.05, 0.1) is 30.2 Å². The zero-order valence-corrected chi connectivity index (χ0v) is 11.2. The Morgan fingerprint density at radius 3 is 2.95 bits per heavy atom. The van der Waals surface area contributed by atoms with Crippen molar-refractivity contribution in [3.05, 3.63) is 54.1 Å². The molecule has 0 bridgehead atoms. The van der Waals surface area contributed by atoms with Gasteiger partial charge in [-0.1, -0.05) is 0 Å². The quantitative estimate of drug-likeness (QED) is 0.777. The van der Waals surface area contributed by atoms with Gasteiger partial charge < -0.3 is 15.0 Å². The Morgan fingerprint density at radius 1 is 1.29 bits per heavy atom. The predicted molar refractivity (Wildman–Crippen MR) is 77.0 cm³/mol. The summed E-state index contributed by atoms with van der Waals surface area (Å²) in [6.07, 6.45) is 1.55. The number of imidazole rings is 1. The zero-order chi connectivity index (χ0) is 14.8. The number of rotatable bonds is 3. The van der Waals surface area contributed by atoms with Gasteiger partial charge in [0.2, 0.25) is 0 Å². The van der Waals surface area contributed by atoms with E-state index in [4.69, 9.17) is 4.74 Å². The molecule has 1 amide bonds. The number of carbonyl (C=O) groups is 1. The van der Waals surface area contributed by atoms with Crippen LogP contribution < -0.4 is 10.1 Å². The predicted octanol–water partition coefficient (Wildman–Crippen LogP) is 2.96. The molecule has 0 atom stereocenters. The van der Waals surface area contributed by atoms with Crippen LogP contribution in [0.2, 0.25) is 0 Å². The van der Waals surface area contributed by atoms with E-state index in [0.29, 0.717) is 11.3 Å². The summed E-state index contributed by atoms with van der Waals surface area (Å²) < 4.78 is 18.7. The van der Waals surface area contributed by atoms with Gasteiger partial charge >= 0.3 is 0 Å². The first-order valence-corrected chi connectivity index (χ1v) is 6.25. The number of fused-ring (bicyclic) bond motifs is 1. The van der Waals surface area contributed by atoms with E-state index in [1.807, 2.05) is 0 Å². The summed E-state index contributed by atoms with van der Waals surface area (Å²) >= 11 is 0. The number of anilines is 1. The van der Waals surface area contributed by atoms with Crippen LogP contribution in [0.4, 0.5) is 10.1 Å². The number of hydrogen-bond donors (Lipinski definition) is 2. The lowest BCUT2D eigenvalue weighted by Gasteiger charge is -2.08. The number of carbonyl (C=O) groups excluding carboxylic acids is 1. The van der Waals surface area contributed by atoms with Crippen molar-refractivity contribution in [1.29, 1.82) is 0 Å². The number of hydrogen-bond acceptors (Lipinski definition) is 3. The Morgan fingerprint density at radius 2 is 2.14 bits per heavy atom. The van der Waals surface area contributed by atoms with E-state index in [1.54, 1.807) is 24.5 Å². The van der Waals surface area contributed by atoms with Crippen molar-refractivity contribution >= 4 is 22.6 Å². The van der Waals surface area contributed by atoms with Crippen LogP contribution >= 0.6 is 0 Å². The van der Waals surface area contributed by atoms with Gasteiger partial charge in [0.25, 0.3) is 5.91 Å². The normalized spacial score (nSPS) is 10.6. The van der Waals surface area contributed by atoms with Crippen LogP contribution in [0.15, 0.2) is 42.7 Å². The number of nitrogens with one attached hydrogen (secondary N) is 2. The number of aromatic amines is 1. The highest BCUT2D eigenvalue weighted by Gasteiger charge is 2.11. The van der Waals surface area contributed by atoms with Crippen molar-refractivity contribution in [2.24, 2.45) is 0 Å². The molecule has 3 rings (SSSR count). The van der Waals surface area contributed by atoms with E-state index < -0.39 is 11.7 Å². The molecule has 2 N–H and O–H groups in total. The number of benzene rings is 2. The highest BCUT2D eigenvalue weighted by atomic mass is 19.1. The van der Waals surface area contributed by atoms with Gasteiger partial charge in [-0.2, -0.15) is 0 Å². The second kappa shape index (κ2) is 5.24. The second-order valence-corrected chi connectivity index (χ2v) is 4.43. The molecule has 0 spiro atoms. The number of ether oxygens (including phenoxy) is 1. The van der Waals surface area contributed by atoms with Gasteiger partial charge in [0.15, 0.2) is 0 Å². The Bertz CT molecular complexity index is 814. The molecule has 106 valence electrons. The largest absolute Gasteiger partial charge is 0.497 e. The first-order valence-electron chi connectivity index (χ1n) is 6.25. The van der Waals surface area contributed by atoms with Gasteiger partial charge in [-0.25, -0.2) is 9.37 Å². The molecular weight excluding hydrogens is 273 g/mol.